The van der Waals surface area contributed by atoms with Crippen molar-refractivity contribution in [3.63, 3.8) is 0 Å². The summed E-state index contributed by atoms with van der Waals surface area (Å²) in [5.41, 5.74) is 5.28. The van der Waals surface area contributed by atoms with E-state index in [0.29, 0.717) is 114 Å². The zero-order valence-corrected chi connectivity index (χ0v) is 68.3. The van der Waals surface area contributed by atoms with Gasteiger partial charge in [-0.1, -0.05) is 37.9 Å². The van der Waals surface area contributed by atoms with Gasteiger partial charge in [0, 0.05) is 156 Å². The number of benzene rings is 4. The van der Waals surface area contributed by atoms with Crippen molar-refractivity contribution >= 4 is 136 Å². The number of esters is 2. The second kappa shape index (κ2) is 43.0. The summed E-state index contributed by atoms with van der Waals surface area (Å²) in [6.07, 6.45) is -1.04. The number of aliphatic hydroxyl groups excluding tert-OH is 1. The molecule has 4 aromatic carbocycles. The average Bonchev–Trinajstić information content (AvgIpc) is 0.852. The van der Waals surface area contributed by atoms with E-state index in [4.69, 9.17) is 33.2 Å². The molecule has 4 heterocycles. The number of ether oxygens (including phenoxy) is 7. The average molecular weight is 1600 g/mol. The quantitative estimate of drug-likeness (QED) is 0.0616. The Balaban J connectivity index is 0.000000651. The van der Waals surface area contributed by atoms with Crippen molar-refractivity contribution in [1.29, 1.82) is 0 Å². The van der Waals surface area contributed by atoms with E-state index in [1.54, 1.807) is 46.6 Å². The van der Waals surface area contributed by atoms with E-state index in [-0.39, 0.29) is 82.3 Å². The van der Waals surface area contributed by atoms with Gasteiger partial charge in [0.15, 0.2) is 0 Å². The van der Waals surface area contributed by atoms with Gasteiger partial charge >= 0.3 is 90.6 Å². The normalized spacial score (nSPS) is 14.8. The summed E-state index contributed by atoms with van der Waals surface area (Å²) in [6.45, 7) is 38.2. The van der Waals surface area contributed by atoms with Gasteiger partial charge in [-0.05, 0) is 197 Å². The summed E-state index contributed by atoms with van der Waals surface area (Å²) in [7, 11) is 6.03. The predicted molar refractivity (Wildman–Crippen MR) is 402 cm³/mol. The molecule has 0 atom stereocenters. The van der Waals surface area contributed by atoms with E-state index in [1.807, 2.05) is 144 Å². The molecule has 4 radical (unpaired) electrons. The van der Waals surface area contributed by atoms with Crippen molar-refractivity contribution < 1.29 is 98.0 Å². The zero-order chi connectivity index (χ0) is 72.4. The molecule has 0 aromatic heterocycles. The first-order chi connectivity index (χ1) is 45.5. The topological polar surface area (TPSA) is 226 Å². The van der Waals surface area contributed by atoms with Crippen molar-refractivity contribution in [2.75, 3.05) is 145 Å². The number of carbonyl (C=O) groups is 6. The van der Waals surface area contributed by atoms with Gasteiger partial charge in [0.25, 0.3) is 0 Å². The molecular formula is C69H101B2Br3N9NaO14S. The van der Waals surface area contributed by atoms with Crippen LogP contribution < -0.4 is 49.2 Å². The number of nitrogens with zero attached hydrogens (tertiary/aromatic N) is 9. The molecule has 0 bridgehead atoms. The van der Waals surface area contributed by atoms with Gasteiger partial charge in [-0.3, -0.25) is 0 Å². The second-order valence-electron chi connectivity index (χ2n) is 26.7. The molecule has 0 spiro atoms. The van der Waals surface area contributed by atoms with Crippen LogP contribution >= 0.6 is 60.6 Å². The number of methoxy groups -OCH3 is 1. The molecule has 4 amide bonds. The minimum atomic E-state index is -0.492. The molecule has 4 saturated heterocycles. The van der Waals surface area contributed by atoms with E-state index in [0.717, 1.165) is 69.0 Å². The number of hydrogen-bond acceptors (Lipinski definition) is 20. The fourth-order valence-corrected chi connectivity index (χ4v) is 11.1. The first-order valence-electron chi connectivity index (χ1n) is 32.4. The molecule has 99 heavy (non-hydrogen) atoms. The largest absolute Gasteiger partial charge is 1.00 e. The zero-order valence-electron chi connectivity index (χ0n) is 61.7. The molecular weight excluding hydrogens is 1500 g/mol. The number of carbonyl (C=O) groups excluding carboxylic acids is 6. The predicted octanol–water partition coefficient (Wildman–Crippen LogP) is 10.2. The maximum atomic E-state index is 12.1. The molecule has 30 heteroatoms. The van der Waals surface area contributed by atoms with Gasteiger partial charge in [-0.25, -0.2) is 28.8 Å². The van der Waals surface area contributed by atoms with Crippen LogP contribution in [0.1, 0.15) is 130 Å². The minimum Gasteiger partial charge on any atom is -1.00 e. The first kappa shape index (κ1) is 89.8. The van der Waals surface area contributed by atoms with Crippen LogP contribution in [0.15, 0.2) is 96.6 Å². The Morgan fingerprint density at radius 3 is 1.08 bits per heavy atom. The third kappa shape index (κ3) is 31.9. The summed E-state index contributed by atoms with van der Waals surface area (Å²) >= 11 is 13.6. The number of anilines is 4. The Bertz CT molecular complexity index is 3230. The van der Waals surface area contributed by atoms with Crippen LogP contribution in [-0.4, -0.2) is 225 Å². The smallest absolute Gasteiger partial charge is 1.00 e. The van der Waals surface area contributed by atoms with Crippen molar-refractivity contribution in [3.8, 4) is 0 Å². The van der Waals surface area contributed by atoms with E-state index >= 15 is 0 Å². The molecule has 4 fully saturated rings. The van der Waals surface area contributed by atoms with Crippen LogP contribution in [0.5, 0.6) is 0 Å². The molecule has 4 aromatic rings. The van der Waals surface area contributed by atoms with Crippen LogP contribution in [-0.2, 0) is 46.4 Å². The monoisotopic (exact) mass is 1590 g/mol. The van der Waals surface area contributed by atoms with Gasteiger partial charge in [0.2, 0.25) is 0 Å². The van der Waals surface area contributed by atoms with Crippen LogP contribution in [0, 0.1) is 0 Å². The molecule has 0 saturated carbocycles. The Morgan fingerprint density at radius 1 is 0.475 bits per heavy atom. The molecule has 1 N–H and O–H groups in total. The number of amides is 4. The van der Waals surface area contributed by atoms with Crippen molar-refractivity contribution in [3.05, 3.63) is 115 Å². The maximum absolute atomic E-state index is 12.1. The molecule has 0 aliphatic carbocycles. The maximum Gasteiger partial charge on any atom is 1.00 e. The molecule has 23 nitrogen and oxygen atoms in total. The summed E-state index contributed by atoms with van der Waals surface area (Å²) in [5.74, 6) is -0.657. The van der Waals surface area contributed by atoms with Gasteiger partial charge in [-0.2, -0.15) is 0 Å². The minimum absolute atomic E-state index is 0. The van der Waals surface area contributed by atoms with Crippen LogP contribution in [0.2, 0.25) is 0 Å². The molecule has 8 rings (SSSR count). The second-order valence-corrected chi connectivity index (χ2v) is 29.5. The number of halogens is 3. The van der Waals surface area contributed by atoms with Crippen LogP contribution in [0.25, 0.3) is 0 Å². The molecule has 0 unspecified atom stereocenters. The fourth-order valence-electron chi connectivity index (χ4n) is 9.92. The fraction of sp³-hybridized carbons (Fsp3) is 0.565. The third-order valence-corrected chi connectivity index (χ3v) is 16.8. The Kier molecular flexibility index (Phi) is 39.0. The summed E-state index contributed by atoms with van der Waals surface area (Å²) in [6, 6.07) is 25.2. The number of hydrogen-bond donors (Lipinski definition) is 2. The number of thiol groups is 1. The SMILES string of the molecule is CC(C)(C)OC(=O)N1CCN(c2ccc(Br)c(CO)c2)CC1.CCOC(=O)c1cc(N2CCN(C(=O)OC(C)(C)C)CC2)ccc1Br.CCOC(=O)c1cccc(N2CCN(C(=O)OC(C)(C)C)CC2)c1.COCc1cc(N2CCN(C(=O)OC(C)(C)C)CC2)ccc1Br.[B].[B]=NS.[H-].[Na+]. The number of piperazine rings is 4. The van der Waals surface area contributed by atoms with E-state index in [2.05, 4.69) is 104 Å². The van der Waals surface area contributed by atoms with Gasteiger partial charge in [0.1, 0.15) is 22.4 Å². The van der Waals surface area contributed by atoms with E-state index in [1.165, 1.54) is 0 Å². The van der Waals surface area contributed by atoms with Crippen LogP contribution in [0.4, 0.5) is 41.9 Å². The summed E-state index contributed by atoms with van der Waals surface area (Å²) in [5, 5.41) is 9.35. The first-order valence-corrected chi connectivity index (χ1v) is 35.2. The Hall–Kier alpha value is -5.26. The number of aliphatic hydroxyl groups is 1. The van der Waals surface area contributed by atoms with E-state index < -0.39 is 22.4 Å². The third-order valence-electron chi connectivity index (χ3n) is 14.5. The summed E-state index contributed by atoms with van der Waals surface area (Å²) in [4.78, 5) is 88.0. The van der Waals surface area contributed by atoms with Crippen molar-refractivity contribution in [2.24, 2.45) is 4.30 Å². The van der Waals surface area contributed by atoms with Crippen LogP contribution in [0.3, 0.4) is 0 Å². The standard InChI is InChI=1S/C18H25BrN2O4.C18H26N2O4.C17H25BrN2O3.C16H23BrN2O3.BHNS.B.Na.H/c1-5-24-16(22)14-12-13(6-7-15(14)19)20-8-10-21(11-9-20)17(23)25-18(2,3)4;1-5-23-16(21)14-7-6-8-15(13-14)19-9-11-20(12-10-19)17(22)24-18(2,3)4;1-17(2,3)23-16(21)20-9-7-19(8-10-20)14-5-6-15(18)13(11-14)12-22-4;1-16(2,3)22-15(21)19-8-6-18(7-9-19)13-4-5-14(17)12(10-13)11-20;1-2-3;;;/h6-7,12H,5,8-11H2,1-4H3;6-8,13H,5,9-12H2,1-4H3;5-6,11H,7-10,12H2,1-4H3;4-5,10,20H,6-9,11H2,1-3H3;3H;;;/q;;;;;;+1;-1. The van der Waals surface area contributed by atoms with Gasteiger partial charge in [0.05, 0.1) is 37.6 Å². The van der Waals surface area contributed by atoms with Crippen molar-refractivity contribution in [2.45, 2.75) is 133 Å². The number of rotatable bonds is 11. The summed E-state index contributed by atoms with van der Waals surface area (Å²) < 4.78 is 42.4. The molecule has 540 valence electrons. The van der Waals surface area contributed by atoms with E-state index in [9.17, 15) is 33.9 Å². The van der Waals surface area contributed by atoms with Gasteiger partial charge in [-0.15, -0.1) is 0 Å². The Morgan fingerprint density at radius 2 is 0.768 bits per heavy atom. The van der Waals surface area contributed by atoms with Gasteiger partial charge < -0.3 is 78.9 Å². The molecule has 4 aliphatic rings. The van der Waals surface area contributed by atoms with Crippen molar-refractivity contribution in [1.82, 2.24) is 19.6 Å². The Labute approximate surface area is 644 Å². The molecule has 4 aliphatic heterocycles.